The Balaban J connectivity index is 1.80. The highest BCUT2D eigenvalue weighted by atomic mass is 35.5. The monoisotopic (exact) mass is 566 g/mol. The fourth-order valence-electron chi connectivity index (χ4n) is 3.49. The third-order valence-electron chi connectivity index (χ3n) is 5.25. The van der Waals surface area contributed by atoms with Gasteiger partial charge in [0.1, 0.15) is 12.6 Å². The van der Waals surface area contributed by atoms with E-state index in [1.54, 1.807) is 0 Å². The molecule has 1 fully saturated rings. The van der Waals surface area contributed by atoms with Crippen molar-refractivity contribution in [1.82, 2.24) is 10.2 Å². The molecule has 3 rings (SSSR count). The Hall–Kier alpha value is -2.94. The summed E-state index contributed by atoms with van der Waals surface area (Å²) in [5.41, 5.74) is 0.0664. The van der Waals surface area contributed by atoms with Crippen LogP contribution in [-0.4, -0.2) is 81.6 Å². The SMILES string of the molecule is CN(CC(F)F)[C@@H](CNC(=O)c1ccc(Cl)s1)C(=O)Nc1ccc(N2CCOCC2=O)cc1OC(F)F. The molecule has 1 saturated heterocycles. The number of thiophene rings is 1. The molecule has 2 heterocycles. The number of hydrogen-bond donors (Lipinski definition) is 2. The molecule has 2 aromatic rings. The summed E-state index contributed by atoms with van der Waals surface area (Å²) in [6.07, 6.45) is -2.78. The normalized spacial score (nSPS) is 14.8. The van der Waals surface area contributed by atoms with Gasteiger partial charge < -0.3 is 25.0 Å². The molecule has 37 heavy (non-hydrogen) atoms. The first kappa shape index (κ1) is 28.6. The fourth-order valence-corrected chi connectivity index (χ4v) is 4.45. The molecule has 15 heteroatoms. The topological polar surface area (TPSA) is 100 Å². The van der Waals surface area contributed by atoms with Crippen LogP contribution in [-0.2, 0) is 14.3 Å². The highest BCUT2D eigenvalue weighted by molar-refractivity contribution is 7.18. The van der Waals surface area contributed by atoms with Crippen LogP contribution in [0.15, 0.2) is 30.3 Å². The molecule has 1 aromatic carbocycles. The molecule has 0 aliphatic carbocycles. The number of amides is 3. The van der Waals surface area contributed by atoms with E-state index in [0.29, 0.717) is 4.34 Å². The minimum atomic E-state index is -3.25. The van der Waals surface area contributed by atoms with Gasteiger partial charge in [0.2, 0.25) is 5.91 Å². The van der Waals surface area contributed by atoms with E-state index in [9.17, 15) is 31.9 Å². The van der Waals surface area contributed by atoms with Crippen molar-refractivity contribution in [1.29, 1.82) is 0 Å². The summed E-state index contributed by atoms with van der Waals surface area (Å²) in [5, 5.41) is 4.89. The number of anilines is 2. The number of morpholine rings is 1. The smallest absolute Gasteiger partial charge is 0.387 e. The molecule has 1 aromatic heterocycles. The lowest BCUT2D eigenvalue weighted by molar-refractivity contribution is -0.125. The predicted octanol–water partition coefficient (Wildman–Crippen LogP) is 3.30. The molecule has 202 valence electrons. The summed E-state index contributed by atoms with van der Waals surface area (Å²) in [6.45, 7) is -4.15. The van der Waals surface area contributed by atoms with E-state index in [4.69, 9.17) is 16.3 Å². The Morgan fingerprint density at radius 3 is 2.62 bits per heavy atom. The number of nitrogens with zero attached hydrogens (tertiary/aromatic N) is 2. The van der Waals surface area contributed by atoms with Gasteiger partial charge in [0, 0.05) is 24.8 Å². The summed E-state index contributed by atoms with van der Waals surface area (Å²) in [5.74, 6) is -2.25. The first-order chi connectivity index (χ1) is 17.5. The van der Waals surface area contributed by atoms with Gasteiger partial charge in [0.25, 0.3) is 18.2 Å². The van der Waals surface area contributed by atoms with E-state index in [1.807, 2.05) is 0 Å². The number of nitrogens with one attached hydrogen (secondary N) is 2. The second-order valence-electron chi connectivity index (χ2n) is 7.81. The van der Waals surface area contributed by atoms with Crippen molar-refractivity contribution in [3.8, 4) is 5.75 Å². The van der Waals surface area contributed by atoms with Crippen LogP contribution in [0.3, 0.4) is 0 Å². The molecule has 0 spiro atoms. The molecule has 0 saturated carbocycles. The number of carbonyl (C=O) groups is 3. The quantitative estimate of drug-likeness (QED) is 0.405. The Bertz CT molecular complexity index is 1120. The Morgan fingerprint density at radius 2 is 2.00 bits per heavy atom. The summed E-state index contributed by atoms with van der Waals surface area (Å²) in [4.78, 5) is 40.2. The Morgan fingerprint density at radius 1 is 1.24 bits per heavy atom. The van der Waals surface area contributed by atoms with Crippen LogP contribution in [0.1, 0.15) is 9.67 Å². The number of rotatable bonds is 11. The summed E-state index contributed by atoms with van der Waals surface area (Å²) >= 11 is 6.82. The average Bonchev–Trinajstić information content (AvgIpc) is 3.26. The number of hydrogen-bond acceptors (Lipinski definition) is 7. The van der Waals surface area contributed by atoms with Crippen molar-refractivity contribution >= 4 is 52.0 Å². The van der Waals surface area contributed by atoms with E-state index >= 15 is 0 Å². The molecule has 1 aliphatic heterocycles. The van der Waals surface area contributed by atoms with Crippen molar-refractivity contribution in [2.24, 2.45) is 0 Å². The van der Waals surface area contributed by atoms with Crippen molar-refractivity contribution in [3.05, 3.63) is 39.5 Å². The standard InChI is InChI=1S/C22H23ClF4N4O5S/c1-30(10-18(24)25)14(9-28-21(34)16-4-5-17(23)37-16)20(33)29-13-3-2-12(8-15(13)36-22(26)27)31-6-7-35-11-19(31)32/h2-5,8,14,18,22H,6-7,9-11H2,1H3,(H,28,34)(H,29,33)/t14-/m0/s1. The van der Waals surface area contributed by atoms with E-state index in [-0.39, 0.29) is 48.5 Å². The van der Waals surface area contributed by atoms with Crippen molar-refractivity contribution in [3.63, 3.8) is 0 Å². The van der Waals surface area contributed by atoms with E-state index in [0.717, 1.165) is 22.3 Å². The van der Waals surface area contributed by atoms with E-state index in [2.05, 4.69) is 15.4 Å². The summed E-state index contributed by atoms with van der Waals surface area (Å²) < 4.78 is 62.3. The summed E-state index contributed by atoms with van der Waals surface area (Å²) in [7, 11) is 1.26. The van der Waals surface area contributed by atoms with Crippen LogP contribution in [0.2, 0.25) is 4.34 Å². The second-order valence-corrected chi connectivity index (χ2v) is 9.52. The molecular formula is C22H23ClF4N4O5S. The number of carbonyl (C=O) groups excluding carboxylic acids is 3. The van der Waals surface area contributed by atoms with Gasteiger partial charge in [-0.05, 0) is 31.3 Å². The lowest BCUT2D eigenvalue weighted by atomic mass is 10.2. The van der Waals surface area contributed by atoms with Gasteiger partial charge in [0.05, 0.1) is 28.1 Å². The number of alkyl halides is 4. The van der Waals surface area contributed by atoms with Gasteiger partial charge in [-0.25, -0.2) is 8.78 Å². The van der Waals surface area contributed by atoms with Gasteiger partial charge in [-0.2, -0.15) is 8.78 Å². The van der Waals surface area contributed by atoms with Gasteiger partial charge in [0.15, 0.2) is 5.75 Å². The average molecular weight is 567 g/mol. The third-order valence-corrected chi connectivity index (χ3v) is 6.48. The predicted molar refractivity (Wildman–Crippen MR) is 129 cm³/mol. The highest BCUT2D eigenvalue weighted by Crippen LogP contribution is 2.32. The minimum Gasteiger partial charge on any atom is -0.433 e. The maximum atomic E-state index is 13.1. The zero-order valence-corrected chi connectivity index (χ0v) is 21.0. The summed E-state index contributed by atoms with van der Waals surface area (Å²) in [6, 6.07) is 5.50. The van der Waals surface area contributed by atoms with Crippen LogP contribution in [0.25, 0.3) is 0 Å². The van der Waals surface area contributed by atoms with Gasteiger partial charge in [-0.15, -0.1) is 11.3 Å². The maximum Gasteiger partial charge on any atom is 0.387 e. The second kappa shape index (κ2) is 13.0. The molecule has 3 amide bonds. The van der Waals surface area contributed by atoms with Crippen LogP contribution in [0.4, 0.5) is 28.9 Å². The van der Waals surface area contributed by atoms with Crippen LogP contribution in [0, 0.1) is 0 Å². The lowest BCUT2D eigenvalue weighted by Crippen LogP contribution is -2.50. The Kier molecular flexibility index (Phi) is 10.1. The molecule has 9 nitrogen and oxygen atoms in total. The van der Waals surface area contributed by atoms with Gasteiger partial charge in [-0.1, -0.05) is 11.6 Å². The van der Waals surface area contributed by atoms with Crippen molar-refractivity contribution in [2.45, 2.75) is 19.1 Å². The maximum absolute atomic E-state index is 13.1. The molecule has 2 N–H and O–H groups in total. The molecule has 0 radical (unpaired) electrons. The van der Waals surface area contributed by atoms with Crippen molar-refractivity contribution < 1.29 is 41.4 Å². The number of halogens is 5. The first-order valence-corrected chi connectivity index (χ1v) is 12.0. The molecule has 1 aliphatic rings. The van der Waals surface area contributed by atoms with Gasteiger partial charge >= 0.3 is 6.61 Å². The Labute approximate surface area is 218 Å². The van der Waals surface area contributed by atoms with Crippen molar-refractivity contribution in [2.75, 3.05) is 50.1 Å². The number of benzene rings is 1. The molecule has 0 bridgehead atoms. The molecule has 1 atom stereocenters. The molecular weight excluding hydrogens is 544 g/mol. The number of likely N-dealkylation sites (N-methyl/N-ethyl adjacent to an activating group) is 1. The van der Waals surface area contributed by atoms with E-state index in [1.165, 1.54) is 36.2 Å². The van der Waals surface area contributed by atoms with Crippen LogP contribution in [0.5, 0.6) is 5.75 Å². The fraction of sp³-hybridized carbons (Fsp3) is 0.409. The van der Waals surface area contributed by atoms with Crippen LogP contribution < -0.4 is 20.3 Å². The molecule has 0 unspecified atom stereocenters. The first-order valence-electron chi connectivity index (χ1n) is 10.8. The lowest BCUT2D eigenvalue weighted by Gasteiger charge is -2.29. The highest BCUT2D eigenvalue weighted by Gasteiger charge is 2.28. The van der Waals surface area contributed by atoms with E-state index < -0.39 is 43.2 Å². The van der Waals surface area contributed by atoms with Crippen LogP contribution >= 0.6 is 22.9 Å². The zero-order valence-electron chi connectivity index (χ0n) is 19.4. The van der Waals surface area contributed by atoms with Gasteiger partial charge in [-0.3, -0.25) is 19.3 Å². The zero-order chi connectivity index (χ0) is 27.1. The minimum absolute atomic E-state index is 0.176. The number of ether oxygens (including phenoxy) is 2. The largest absolute Gasteiger partial charge is 0.433 e. The third kappa shape index (κ3) is 8.02.